The van der Waals surface area contributed by atoms with Gasteiger partial charge in [0.2, 0.25) is 0 Å². The first kappa shape index (κ1) is 16.9. The molecule has 27 heavy (non-hydrogen) atoms. The molecule has 3 aromatic rings. The highest BCUT2D eigenvalue weighted by atomic mass is 16.7. The summed E-state index contributed by atoms with van der Waals surface area (Å²) in [4.78, 5) is 4.47. The predicted octanol–water partition coefficient (Wildman–Crippen LogP) is 4.10. The lowest BCUT2D eigenvalue weighted by Gasteiger charge is -2.38. The molecule has 0 unspecified atom stereocenters. The van der Waals surface area contributed by atoms with Gasteiger partial charge in [-0.2, -0.15) is 0 Å². The van der Waals surface area contributed by atoms with Gasteiger partial charge in [-0.1, -0.05) is 42.5 Å². The van der Waals surface area contributed by atoms with E-state index in [-0.39, 0.29) is 0 Å². The Balaban J connectivity index is 1.47. The van der Waals surface area contributed by atoms with Crippen LogP contribution >= 0.6 is 0 Å². The van der Waals surface area contributed by atoms with Crippen molar-refractivity contribution < 1.29 is 9.47 Å². The van der Waals surface area contributed by atoms with E-state index < -0.39 is 5.79 Å². The molecule has 0 amide bonds. The summed E-state index contributed by atoms with van der Waals surface area (Å²) in [6.07, 6.45) is 4.00. The molecule has 0 atom stereocenters. The average Bonchev–Trinajstić information content (AvgIpc) is 3.25. The fourth-order valence-corrected chi connectivity index (χ4v) is 4.41. The Labute approximate surface area is 159 Å². The summed E-state index contributed by atoms with van der Waals surface area (Å²) in [5.74, 6) is -0.178. The summed E-state index contributed by atoms with van der Waals surface area (Å²) in [5, 5.41) is 4.60. The SMILES string of the molecule is c1cnc2cc(-c3ccc(C4(C5CCNCC5)OCCO4)cc3)ccc2c1. The molecule has 2 saturated heterocycles. The Morgan fingerprint density at radius 1 is 0.889 bits per heavy atom. The van der Waals surface area contributed by atoms with Crippen molar-refractivity contribution in [3.05, 3.63) is 66.4 Å². The fourth-order valence-electron chi connectivity index (χ4n) is 4.41. The fraction of sp³-hybridized carbons (Fsp3) is 0.348. The number of nitrogens with zero attached hydrogens (tertiary/aromatic N) is 1. The van der Waals surface area contributed by atoms with Gasteiger partial charge in [0, 0.05) is 23.1 Å². The molecule has 0 spiro atoms. The van der Waals surface area contributed by atoms with Gasteiger partial charge >= 0.3 is 0 Å². The molecule has 4 nitrogen and oxygen atoms in total. The minimum atomic E-state index is -0.578. The number of nitrogens with one attached hydrogen (secondary N) is 1. The number of pyridine rings is 1. The van der Waals surface area contributed by atoms with Gasteiger partial charge in [0.1, 0.15) is 0 Å². The molecule has 5 rings (SSSR count). The summed E-state index contributed by atoms with van der Waals surface area (Å²) in [6, 6.07) is 19.2. The lowest BCUT2D eigenvalue weighted by atomic mass is 9.84. The maximum Gasteiger partial charge on any atom is 0.197 e. The van der Waals surface area contributed by atoms with Crippen molar-refractivity contribution in [3.63, 3.8) is 0 Å². The normalized spacial score (nSPS) is 20.1. The second-order valence-corrected chi connectivity index (χ2v) is 7.38. The maximum absolute atomic E-state index is 6.21. The molecule has 0 radical (unpaired) electrons. The van der Waals surface area contributed by atoms with Crippen molar-refractivity contribution in [2.75, 3.05) is 26.3 Å². The minimum Gasteiger partial charge on any atom is -0.343 e. The van der Waals surface area contributed by atoms with Gasteiger partial charge < -0.3 is 14.8 Å². The van der Waals surface area contributed by atoms with Crippen LogP contribution in [-0.2, 0) is 15.3 Å². The standard InChI is InChI=1S/C23H24N2O2/c1-2-18-3-4-19(16-22(18)25-11-1)17-5-7-20(8-6-17)23(26-14-15-27-23)21-9-12-24-13-10-21/h1-8,11,16,21,24H,9-10,12-15H2. The second kappa shape index (κ2) is 7.04. The number of hydrogen-bond acceptors (Lipinski definition) is 4. The van der Waals surface area contributed by atoms with E-state index in [1.807, 2.05) is 12.3 Å². The number of benzene rings is 2. The van der Waals surface area contributed by atoms with E-state index in [2.05, 4.69) is 58.8 Å². The Morgan fingerprint density at radius 3 is 2.41 bits per heavy atom. The molecule has 2 aliphatic heterocycles. The molecule has 0 aliphatic carbocycles. The topological polar surface area (TPSA) is 43.4 Å². The van der Waals surface area contributed by atoms with E-state index in [9.17, 15) is 0 Å². The van der Waals surface area contributed by atoms with Crippen molar-refractivity contribution in [1.29, 1.82) is 0 Å². The first-order valence-corrected chi connectivity index (χ1v) is 9.79. The van der Waals surface area contributed by atoms with Crippen molar-refractivity contribution >= 4 is 10.9 Å². The molecule has 2 aromatic carbocycles. The van der Waals surface area contributed by atoms with Crippen LogP contribution in [0.15, 0.2) is 60.8 Å². The van der Waals surface area contributed by atoms with Crippen LogP contribution in [-0.4, -0.2) is 31.3 Å². The van der Waals surface area contributed by atoms with Gasteiger partial charge in [0.05, 0.1) is 18.7 Å². The molecule has 2 fully saturated rings. The van der Waals surface area contributed by atoms with Crippen LogP contribution in [0.2, 0.25) is 0 Å². The molecule has 2 aliphatic rings. The summed E-state index contributed by atoms with van der Waals surface area (Å²) in [6.45, 7) is 3.40. The van der Waals surface area contributed by atoms with Crippen molar-refractivity contribution in [1.82, 2.24) is 10.3 Å². The molecule has 1 N–H and O–H groups in total. The molecule has 138 valence electrons. The van der Waals surface area contributed by atoms with E-state index in [0.29, 0.717) is 19.1 Å². The summed E-state index contributed by atoms with van der Waals surface area (Å²) in [5.41, 5.74) is 4.52. The summed E-state index contributed by atoms with van der Waals surface area (Å²) in [7, 11) is 0. The maximum atomic E-state index is 6.21. The average molecular weight is 360 g/mol. The van der Waals surface area contributed by atoms with E-state index in [1.54, 1.807) is 0 Å². The number of rotatable bonds is 3. The zero-order valence-electron chi connectivity index (χ0n) is 15.4. The highest BCUT2D eigenvalue weighted by molar-refractivity contribution is 5.84. The number of fused-ring (bicyclic) bond motifs is 1. The molecule has 0 bridgehead atoms. The largest absolute Gasteiger partial charge is 0.343 e. The second-order valence-electron chi connectivity index (χ2n) is 7.38. The Bertz CT molecular complexity index is 927. The third-order valence-electron chi connectivity index (χ3n) is 5.82. The highest BCUT2D eigenvalue weighted by Gasteiger charge is 2.46. The Kier molecular flexibility index (Phi) is 4.40. The van der Waals surface area contributed by atoms with E-state index in [1.165, 1.54) is 11.1 Å². The monoisotopic (exact) mass is 360 g/mol. The number of aromatic nitrogens is 1. The lowest BCUT2D eigenvalue weighted by molar-refractivity contribution is -0.210. The summed E-state index contributed by atoms with van der Waals surface area (Å²) < 4.78 is 12.4. The predicted molar refractivity (Wildman–Crippen MR) is 106 cm³/mol. The van der Waals surface area contributed by atoms with Crippen LogP contribution in [0.25, 0.3) is 22.0 Å². The minimum absolute atomic E-state index is 0.400. The van der Waals surface area contributed by atoms with Crippen LogP contribution in [0.3, 0.4) is 0 Å². The van der Waals surface area contributed by atoms with Crippen molar-refractivity contribution in [2.24, 2.45) is 5.92 Å². The number of piperidine rings is 1. The van der Waals surface area contributed by atoms with Crippen LogP contribution in [0, 0.1) is 5.92 Å². The Hall–Kier alpha value is -2.27. The first-order valence-electron chi connectivity index (χ1n) is 9.79. The van der Waals surface area contributed by atoms with Gasteiger partial charge in [-0.3, -0.25) is 4.98 Å². The summed E-state index contributed by atoms with van der Waals surface area (Å²) >= 11 is 0. The molecule has 0 saturated carbocycles. The van der Waals surface area contributed by atoms with E-state index >= 15 is 0 Å². The van der Waals surface area contributed by atoms with Crippen LogP contribution in [0.1, 0.15) is 18.4 Å². The highest BCUT2D eigenvalue weighted by Crippen LogP contribution is 2.43. The van der Waals surface area contributed by atoms with Gasteiger partial charge in [0.25, 0.3) is 0 Å². The number of hydrogen-bond donors (Lipinski definition) is 1. The van der Waals surface area contributed by atoms with Crippen LogP contribution in [0.4, 0.5) is 0 Å². The third-order valence-corrected chi connectivity index (χ3v) is 5.82. The molecular weight excluding hydrogens is 336 g/mol. The molecule has 1 aromatic heterocycles. The van der Waals surface area contributed by atoms with Crippen LogP contribution in [0.5, 0.6) is 0 Å². The van der Waals surface area contributed by atoms with Gasteiger partial charge in [-0.05, 0) is 49.2 Å². The molecule has 4 heteroatoms. The van der Waals surface area contributed by atoms with Crippen LogP contribution < -0.4 is 5.32 Å². The zero-order chi connectivity index (χ0) is 18.1. The smallest absolute Gasteiger partial charge is 0.197 e. The lowest BCUT2D eigenvalue weighted by Crippen LogP contribution is -2.42. The third kappa shape index (κ3) is 3.04. The van der Waals surface area contributed by atoms with E-state index in [4.69, 9.17) is 9.47 Å². The number of ether oxygens (including phenoxy) is 2. The zero-order valence-corrected chi connectivity index (χ0v) is 15.4. The molecular formula is C23H24N2O2. The van der Waals surface area contributed by atoms with Gasteiger partial charge in [-0.25, -0.2) is 0 Å². The van der Waals surface area contributed by atoms with Crippen molar-refractivity contribution in [2.45, 2.75) is 18.6 Å². The quantitative estimate of drug-likeness (QED) is 0.764. The van der Waals surface area contributed by atoms with E-state index in [0.717, 1.165) is 42.4 Å². The van der Waals surface area contributed by atoms with Crippen molar-refractivity contribution in [3.8, 4) is 11.1 Å². The van der Waals surface area contributed by atoms with Gasteiger partial charge in [-0.15, -0.1) is 0 Å². The first-order chi connectivity index (χ1) is 13.4. The molecule has 3 heterocycles. The Morgan fingerprint density at radius 2 is 1.63 bits per heavy atom. The van der Waals surface area contributed by atoms with Gasteiger partial charge in [0.15, 0.2) is 5.79 Å².